The van der Waals surface area contributed by atoms with Crippen LogP contribution in [0, 0.1) is 18.8 Å². The highest BCUT2D eigenvalue weighted by Crippen LogP contribution is 2.51. The SMILES string of the molecule is Cc1nc(C(Br)C2CC2C)sc1C=O. The van der Waals surface area contributed by atoms with E-state index in [4.69, 9.17) is 0 Å². The number of carbonyl (C=O) groups excluding carboxylic acids is 1. The number of alkyl halides is 1. The third-order valence-electron chi connectivity index (χ3n) is 2.74. The van der Waals surface area contributed by atoms with E-state index in [9.17, 15) is 4.79 Å². The molecule has 1 aliphatic carbocycles. The van der Waals surface area contributed by atoms with E-state index in [1.54, 1.807) is 0 Å². The maximum absolute atomic E-state index is 10.7. The monoisotopic (exact) mass is 273 g/mol. The summed E-state index contributed by atoms with van der Waals surface area (Å²) >= 11 is 5.17. The smallest absolute Gasteiger partial charge is 0.161 e. The van der Waals surface area contributed by atoms with E-state index in [1.807, 2.05) is 6.92 Å². The predicted molar refractivity (Wildman–Crippen MR) is 61.2 cm³/mol. The van der Waals surface area contributed by atoms with Crippen LogP contribution in [0.3, 0.4) is 0 Å². The van der Waals surface area contributed by atoms with Crippen LogP contribution in [0.1, 0.15) is 38.5 Å². The zero-order chi connectivity index (χ0) is 10.3. The molecule has 76 valence electrons. The molecule has 0 aromatic carbocycles. The molecule has 0 amide bonds. The number of hydrogen-bond donors (Lipinski definition) is 0. The lowest BCUT2D eigenvalue weighted by molar-refractivity contribution is 0.112. The molecule has 3 unspecified atom stereocenters. The van der Waals surface area contributed by atoms with Gasteiger partial charge in [-0.05, 0) is 25.2 Å². The summed E-state index contributed by atoms with van der Waals surface area (Å²) in [6, 6.07) is 0. The van der Waals surface area contributed by atoms with Crippen LogP contribution in [0.15, 0.2) is 0 Å². The van der Waals surface area contributed by atoms with Gasteiger partial charge in [-0.3, -0.25) is 4.79 Å². The minimum atomic E-state index is 0.342. The van der Waals surface area contributed by atoms with E-state index in [2.05, 4.69) is 27.8 Å². The Bertz CT molecular complexity index is 363. The molecule has 1 aliphatic rings. The van der Waals surface area contributed by atoms with Crippen molar-refractivity contribution >= 4 is 33.6 Å². The van der Waals surface area contributed by atoms with Crippen molar-refractivity contribution in [3.05, 3.63) is 15.6 Å². The highest BCUT2D eigenvalue weighted by atomic mass is 79.9. The van der Waals surface area contributed by atoms with Gasteiger partial charge in [0, 0.05) is 0 Å². The molecular weight excluding hydrogens is 262 g/mol. The fraction of sp³-hybridized carbons (Fsp3) is 0.600. The van der Waals surface area contributed by atoms with Crippen molar-refractivity contribution in [3.8, 4) is 0 Å². The van der Waals surface area contributed by atoms with Crippen LogP contribution in [0.25, 0.3) is 0 Å². The number of aromatic nitrogens is 1. The molecule has 0 spiro atoms. The van der Waals surface area contributed by atoms with Gasteiger partial charge in [-0.15, -0.1) is 11.3 Å². The van der Waals surface area contributed by atoms with Gasteiger partial charge in [0.05, 0.1) is 15.4 Å². The van der Waals surface area contributed by atoms with Gasteiger partial charge in [0.25, 0.3) is 0 Å². The number of hydrogen-bond acceptors (Lipinski definition) is 3. The third-order valence-corrected chi connectivity index (χ3v) is 5.32. The molecule has 0 aliphatic heterocycles. The Morgan fingerprint density at radius 1 is 1.71 bits per heavy atom. The van der Waals surface area contributed by atoms with Crippen molar-refractivity contribution in [2.24, 2.45) is 11.8 Å². The average Bonchev–Trinajstić information content (AvgIpc) is 2.75. The lowest BCUT2D eigenvalue weighted by Gasteiger charge is -2.02. The average molecular weight is 274 g/mol. The summed E-state index contributed by atoms with van der Waals surface area (Å²) in [5, 5.41) is 1.05. The van der Waals surface area contributed by atoms with E-state index >= 15 is 0 Å². The standard InChI is InChI=1S/C10H12BrNOS/c1-5-3-7(5)9(11)10-12-6(2)8(4-13)14-10/h4-5,7,9H,3H2,1-2H3. The van der Waals surface area contributed by atoms with Crippen molar-refractivity contribution in [1.82, 2.24) is 4.98 Å². The molecule has 14 heavy (non-hydrogen) atoms. The molecule has 1 fully saturated rings. The summed E-state index contributed by atoms with van der Waals surface area (Å²) in [5.41, 5.74) is 0.859. The first kappa shape index (κ1) is 10.3. The van der Waals surface area contributed by atoms with Gasteiger partial charge in [-0.25, -0.2) is 4.98 Å². The minimum Gasteiger partial charge on any atom is -0.297 e. The summed E-state index contributed by atoms with van der Waals surface area (Å²) in [4.78, 5) is 16.2. The predicted octanol–water partition coefficient (Wildman–Crippen LogP) is 3.36. The largest absolute Gasteiger partial charge is 0.297 e. The first-order valence-electron chi connectivity index (χ1n) is 4.70. The van der Waals surface area contributed by atoms with Crippen molar-refractivity contribution in [3.63, 3.8) is 0 Å². The van der Waals surface area contributed by atoms with E-state index in [-0.39, 0.29) is 0 Å². The molecular formula is C10H12BrNOS. The highest BCUT2D eigenvalue weighted by molar-refractivity contribution is 9.09. The van der Waals surface area contributed by atoms with Gasteiger partial charge in [0.15, 0.2) is 6.29 Å². The summed E-state index contributed by atoms with van der Waals surface area (Å²) < 4.78 is 0. The van der Waals surface area contributed by atoms with Crippen LogP contribution in [0.2, 0.25) is 0 Å². The van der Waals surface area contributed by atoms with Crippen LogP contribution in [-0.2, 0) is 0 Å². The fourth-order valence-electron chi connectivity index (χ4n) is 1.60. The van der Waals surface area contributed by atoms with E-state index in [0.717, 1.165) is 27.8 Å². The molecule has 4 heteroatoms. The van der Waals surface area contributed by atoms with Gasteiger partial charge >= 0.3 is 0 Å². The van der Waals surface area contributed by atoms with Crippen LogP contribution < -0.4 is 0 Å². The first-order chi connectivity index (χ1) is 6.63. The first-order valence-corrected chi connectivity index (χ1v) is 6.43. The molecule has 0 bridgehead atoms. The Morgan fingerprint density at radius 3 is 2.79 bits per heavy atom. The van der Waals surface area contributed by atoms with E-state index in [1.165, 1.54) is 17.8 Å². The third kappa shape index (κ3) is 1.77. The van der Waals surface area contributed by atoms with Crippen molar-refractivity contribution in [2.45, 2.75) is 25.1 Å². The second kappa shape index (κ2) is 3.74. The number of nitrogens with zero attached hydrogens (tertiary/aromatic N) is 1. The summed E-state index contributed by atoms with van der Waals surface area (Å²) in [7, 11) is 0. The maximum Gasteiger partial charge on any atom is 0.161 e. The lowest BCUT2D eigenvalue weighted by atomic mass is 10.2. The van der Waals surface area contributed by atoms with E-state index in [0.29, 0.717) is 10.7 Å². The highest BCUT2D eigenvalue weighted by Gasteiger charge is 2.40. The lowest BCUT2D eigenvalue weighted by Crippen LogP contribution is -1.92. The Morgan fingerprint density at radius 2 is 2.36 bits per heavy atom. The molecule has 1 saturated carbocycles. The molecule has 1 aromatic heterocycles. The van der Waals surface area contributed by atoms with Gasteiger partial charge < -0.3 is 0 Å². The zero-order valence-corrected chi connectivity index (χ0v) is 10.6. The second-order valence-electron chi connectivity index (χ2n) is 3.90. The normalized spacial score (nSPS) is 27.4. The molecule has 1 aromatic rings. The van der Waals surface area contributed by atoms with Gasteiger partial charge in [0.2, 0.25) is 0 Å². The van der Waals surface area contributed by atoms with Gasteiger partial charge in [0.1, 0.15) is 5.01 Å². The Labute approximate surface area is 95.9 Å². The topological polar surface area (TPSA) is 30.0 Å². The van der Waals surface area contributed by atoms with Crippen LogP contribution >= 0.6 is 27.3 Å². The zero-order valence-electron chi connectivity index (χ0n) is 8.16. The minimum absolute atomic E-state index is 0.342. The maximum atomic E-state index is 10.7. The molecule has 2 nitrogen and oxygen atoms in total. The molecule has 0 radical (unpaired) electrons. The molecule has 2 rings (SSSR count). The molecule has 3 atom stereocenters. The van der Waals surface area contributed by atoms with Crippen molar-refractivity contribution < 1.29 is 4.79 Å². The molecule has 1 heterocycles. The van der Waals surface area contributed by atoms with Gasteiger partial charge in [-0.2, -0.15) is 0 Å². The van der Waals surface area contributed by atoms with Crippen LogP contribution in [0.4, 0.5) is 0 Å². The number of aryl methyl sites for hydroxylation is 1. The number of thiazole rings is 1. The fourth-order valence-corrected chi connectivity index (χ4v) is 3.66. The Balaban J connectivity index is 2.19. The van der Waals surface area contributed by atoms with Crippen molar-refractivity contribution in [1.29, 1.82) is 0 Å². The van der Waals surface area contributed by atoms with Gasteiger partial charge in [-0.1, -0.05) is 22.9 Å². The second-order valence-corrected chi connectivity index (χ2v) is 5.95. The van der Waals surface area contributed by atoms with Crippen LogP contribution in [-0.4, -0.2) is 11.3 Å². The number of carbonyl (C=O) groups is 1. The molecule has 0 saturated heterocycles. The Kier molecular flexibility index (Phi) is 2.75. The quantitative estimate of drug-likeness (QED) is 0.625. The molecule has 0 N–H and O–H groups in total. The van der Waals surface area contributed by atoms with Crippen LogP contribution in [0.5, 0.6) is 0 Å². The number of rotatable bonds is 3. The number of halogens is 1. The Hall–Kier alpha value is -0.220. The summed E-state index contributed by atoms with van der Waals surface area (Å²) in [5.74, 6) is 1.50. The summed E-state index contributed by atoms with van der Waals surface area (Å²) in [6.07, 6.45) is 2.16. The number of aldehydes is 1. The van der Waals surface area contributed by atoms with Crippen molar-refractivity contribution in [2.75, 3.05) is 0 Å². The van der Waals surface area contributed by atoms with E-state index < -0.39 is 0 Å². The summed E-state index contributed by atoms with van der Waals surface area (Å²) in [6.45, 7) is 4.14.